The number of hydrogen-bond donors (Lipinski definition) is 0. The highest BCUT2D eigenvalue weighted by Gasteiger charge is 2.45. The topological polar surface area (TPSA) is 35.5 Å². The van der Waals surface area contributed by atoms with Crippen LogP contribution in [0.4, 0.5) is 0 Å². The van der Waals surface area contributed by atoms with E-state index in [1.165, 1.54) is 6.42 Å². The number of carbonyl (C=O) groups excluding carboxylic acids is 1. The van der Waals surface area contributed by atoms with E-state index in [2.05, 4.69) is 0 Å². The van der Waals surface area contributed by atoms with E-state index in [0.717, 1.165) is 32.3 Å². The van der Waals surface area contributed by atoms with Crippen LogP contribution in [0.3, 0.4) is 0 Å². The number of rotatable bonds is 4. The molecule has 2 rings (SSSR count). The van der Waals surface area contributed by atoms with Gasteiger partial charge in [-0.2, -0.15) is 0 Å². The molecule has 3 heteroatoms. The lowest BCUT2D eigenvalue weighted by molar-refractivity contribution is -0.162. The lowest BCUT2D eigenvalue weighted by Gasteiger charge is -2.47. The predicted molar refractivity (Wildman–Crippen MR) is 65.9 cm³/mol. The van der Waals surface area contributed by atoms with E-state index in [4.69, 9.17) is 9.47 Å². The summed E-state index contributed by atoms with van der Waals surface area (Å²) in [5, 5.41) is 0. The van der Waals surface area contributed by atoms with Crippen molar-refractivity contribution in [1.29, 1.82) is 0 Å². The smallest absolute Gasteiger partial charge is 0.165 e. The van der Waals surface area contributed by atoms with Crippen LogP contribution >= 0.6 is 0 Å². The molecule has 0 amide bonds. The molecule has 0 N–H and O–H groups in total. The van der Waals surface area contributed by atoms with Gasteiger partial charge in [0, 0.05) is 19.6 Å². The fraction of sp³-hybridized carbons (Fsp3) is 0.929. The third-order valence-electron chi connectivity index (χ3n) is 4.30. The molecule has 1 aliphatic heterocycles. The standard InChI is InChI=1S/C14H24O3/c1-10(2)13(16-3)12(15)11-5-8-17-14(9-11)6-4-7-14/h10-11,13H,4-9H2,1-3H3. The molecule has 0 radical (unpaired) electrons. The Morgan fingerprint density at radius 3 is 2.59 bits per heavy atom. The Labute approximate surface area is 104 Å². The second-order valence-corrected chi connectivity index (χ2v) is 5.88. The molecule has 2 unspecified atom stereocenters. The van der Waals surface area contributed by atoms with Crippen LogP contribution in [0, 0.1) is 11.8 Å². The van der Waals surface area contributed by atoms with Crippen LogP contribution in [0.25, 0.3) is 0 Å². The Morgan fingerprint density at radius 2 is 2.12 bits per heavy atom. The summed E-state index contributed by atoms with van der Waals surface area (Å²) < 4.78 is 11.2. The first-order chi connectivity index (χ1) is 8.08. The van der Waals surface area contributed by atoms with Gasteiger partial charge in [-0.3, -0.25) is 4.79 Å². The van der Waals surface area contributed by atoms with Crippen molar-refractivity contribution in [3.8, 4) is 0 Å². The number of carbonyl (C=O) groups is 1. The van der Waals surface area contributed by atoms with E-state index in [9.17, 15) is 4.79 Å². The van der Waals surface area contributed by atoms with Crippen molar-refractivity contribution in [2.75, 3.05) is 13.7 Å². The molecule has 1 spiro atoms. The quantitative estimate of drug-likeness (QED) is 0.757. The first kappa shape index (κ1) is 13.0. The van der Waals surface area contributed by atoms with Crippen LogP contribution in [0.15, 0.2) is 0 Å². The summed E-state index contributed by atoms with van der Waals surface area (Å²) >= 11 is 0. The molecule has 2 fully saturated rings. The molecule has 0 aromatic heterocycles. The highest BCUT2D eigenvalue weighted by molar-refractivity contribution is 5.85. The Balaban J connectivity index is 1.98. The summed E-state index contributed by atoms with van der Waals surface area (Å²) in [4.78, 5) is 12.4. The van der Waals surface area contributed by atoms with Crippen LogP contribution in [0.1, 0.15) is 46.0 Å². The highest BCUT2D eigenvalue weighted by Crippen LogP contribution is 2.44. The Hall–Kier alpha value is -0.410. The molecule has 1 saturated carbocycles. The molecule has 0 bridgehead atoms. The van der Waals surface area contributed by atoms with Gasteiger partial charge in [0.15, 0.2) is 5.78 Å². The van der Waals surface area contributed by atoms with Gasteiger partial charge in [0.2, 0.25) is 0 Å². The first-order valence-corrected chi connectivity index (χ1v) is 6.78. The van der Waals surface area contributed by atoms with E-state index in [-0.39, 0.29) is 29.3 Å². The molecule has 2 aliphatic rings. The molecule has 3 nitrogen and oxygen atoms in total. The van der Waals surface area contributed by atoms with Crippen molar-refractivity contribution < 1.29 is 14.3 Å². The summed E-state index contributed by atoms with van der Waals surface area (Å²) in [6.45, 7) is 4.83. The van der Waals surface area contributed by atoms with Gasteiger partial charge in [0.05, 0.1) is 5.60 Å². The summed E-state index contributed by atoms with van der Waals surface area (Å²) in [5.41, 5.74) is 0.0495. The van der Waals surface area contributed by atoms with E-state index in [1.807, 2.05) is 13.8 Å². The SMILES string of the molecule is COC(C(=O)C1CCOC2(CCC2)C1)C(C)C. The second kappa shape index (κ2) is 5.07. The molecule has 0 aromatic carbocycles. The fourth-order valence-corrected chi connectivity index (χ4v) is 3.14. The highest BCUT2D eigenvalue weighted by atomic mass is 16.5. The van der Waals surface area contributed by atoms with Crippen LogP contribution in [0.5, 0.6) is 0 Å². The van der Waals surface area contributed by atoms with Crippen LogP contribution in [-0.4, -0.2) is 31.2 Å². The van der Waals surface area contributed by atoms with Gasteiger partial charge in [0.1, 0.15) is 6.10 Å². The first-order valence-electron chi connectivity index (χ1n) is 6.78. The average molecular weight is 240 g/mol. The summed E-state index contributed by atoms with van der Waals surface area (Å²) in [6, 6.07) is 0. The minimum absolute atomic E-state index is 0.0495. The molecule has 2 atom stereocenters. The van der Waals surface area contributed by atoms with Gasteiger partial charge in [-0.25, -0.2) is 0 Å². The molecule has 1 aliphatic carbocycles. The Bertz CT molecular complexity index is 281. The van der Waals surface area contributed by atoms with Gasteiger partial charge in [-0.15, -0.1) is 0 Å². The van der Waals surface area contributed by atoms with Gasteiger partial charge in [-0.1, -0.05) is 13.8 Å². The third kappa shape index (κ3) is 2.55. The van der Waals surface area contributed by atoms with Gasteiger partial charge in [0.25, 0.3) is 0 Å². The maximum Gasteiger partial charge on any atom is 0.165 e. The fourth-order valence-electron chi connectivity index (χ4n) is 3.14. The van der Waals surface area contributed by atoms with E-state index >= 15 is 0 Å². The average Bonchev–Trinajstić information content (AvgIpc) is 2.27. The van der Waals surface area contributed by atoms with Gasteiger partial charge in [-0.05, 0) is 38.0 Å². The zero-order chi connectivity index (χ0) is 12.5. The molecular weight excluding hydrogens is 216 g/mol. The second-order valence-electron chi connectivity index (χ2n) is 5.88. The van der Waals surface area contributed by atoms with Crippen LogP contribution < -0.4 is 0 Å². The van der Waals surface area contributed by atoms with Crippen molar-refractivity contribution in [2.24, 2.45) is 11.8 Å². The number of ether oxygens (including phenoxy) is 2. The third-order valence-corrected chi connectivity index (χ3v) is 4.30. The van der Waals surface area contributed by atoms with Crippen molar-refractivity contribution in [2.45, 2.75) is 57.7 Å². The van der Waals surface area contributed by atoms with Gasteiger partial charge < -0.3 is 9.47 Å². The molecule has 0 aromatic rings. The number of Topliss-reactive ketones (excluding diaryl/α,β-unsaturated/α-hetero) is 1. The Kier molecular flexibility index (Phi) is 3.88. The number of ketones is 1. The minimum Gasteiger partial charge on any atom is -0.375 e. The maximum atomic E-state index is 12.4. The normalized spacial score (nSPS) is 29.1. The van der Waals surface area contributed by atoms with Crippen molar-refractivity contribution >= 4 is 5.78 Å². The summed E-state index contributed by atoms with van der Waals surface area (Å²) in [7, 11) is 1.64. The summed E-state index contributed by atoms with van der Waals surface area (Å²) in [5.74, 6) is 0.696. The number of methoxy groups -OCH3 is 1. The molecule has 98 valence electrons. The van der Waals surface area contributed by atoms with Crippen molar-refractivity contribution in [3.63, 3.8) is 0 Å². The zero-order valence-electron chi connectivity index (χ0n) is 11.2. The van der Waals surface area contributed by atoms with Crippen LogP contribution in [-0.2, 0) is 14.3 Å². The number of hydrogen-bond acceptors (Lipinski definition) is 3. The Morgan fingerprint density at radius 1 is 1.41 bits per heavy atom. The van der Waals surface area contributed by atoms with E-state index < -0.39 is 0 Å². The van der Waals surface area contributed by atoms with Crippen molar-refractivity contribution in [1.82, 2.24) is 0 Å². The van der Waals surface area contributed by atoms with Crippen molar-refractivity contribution in [3.05, 3.63) is 0 Å². The molecule has 17 heavy (non-hydrogen) atoms. The summed E-state index contributed by atoms with van der Waals surface area (Å²) in [6.07, 6.45) is 5.06. The monoisotopic (exact) mass is 240 g/mol. The van der Waals surface area contributed by atoms with E-state index in [0.29, 0.717) is 0 Å². The van der Waals surface area contributed by atoms with E-state index in [1.54, 1.807) is 7.11 Å². The lowest BCUT2D eigenvalue weighted by Crippen LogP contribution is -2.49. The van der Waals surface area contributed by atoms with Gasteiger partial charge >= 0.3 is 0 Å². The molecular formula is C14H24O3. The maximum absolute atomic E-state index is 12.4. The lowest BCUT2D eigenvalue weighted by atomic mass is 9.70. The molecule has 1 heterocycles. The van der Waals surface area contributed by atoms with Crippen LogP contribution in [0.2, 0.25) is 0 Å². The zero-order valence-corrected chi connectivity index (χ0v) is 11.2. The minimum atomic E-state index is -0.241. The predicted octanol–water partition coefficient (Wildman–Crippen LogP) is 2.58. The largest absolute Gasteiger partial charge is 0.375 e. The molecule has 1 saturated heterocycles.